The Morgan fingerprint density at radius 1 is 0.478 bits per heavy atom. The Kier molecular flexibility index (Phi) is 28.5. The number of carboxylic acids is 6. The van der Waals surface area contributed by atoms with Gasteiger partial charge in [-0.05, 0) is 116 Å². The Labute approximate surface area is 517 Å². The number of nitrogens with one attached hydrogen (secondary N) is 1. The maximum Gasteiger partial charge on any atom is 0.344 e. The molecule has 9 aromatic rings. The van der Waals surface area contributed by atoms with Gasteiger partial charge in [0, 0.05) is 44.5 Å². The maximum atomic E-state index is 12.3. The van der Waals surface area contributed by atoms with Gasteiger partial charge in [0.1, 0.15) is 29.0 Å². The molecule has 3 heterocycles. The van der Waals surface area contributed by atoms with Gasteiger partial charge < -0.3 is 59.6 Å². The molecule has 0 spiro atoms. The highest BCUT2D eigenvalue weighted by atomic mass is 19.1. The van der Waals surface area contributed by atoms with Crippen LogP contribution in [0.25, 0.3) is 32.4 Å². The third-order valence-corrected chi connectivity index (χ3v) is 12.4. The molecule has 90 heavy (non-hydrogen) atoms. The molecular weight excluding hydrogens is 1170 g/mol. The van der Waals surface area contributed by atoms with E-state index in [1.807, 2.05) is 135 Å². The van der Waals surface area contributed by atoms with Crippen molar-refractivity contribution in [2.24, 2.45) is 0 Å². The summed E-state index contributed by atoms with van der Waals surface area (Å²) in [6, 6.07) is 48.4. The lowest BCUT2D eigenvalue weighted by atomic mass is 10.0. The van der Waals surface area contributed by atoms with Crippen molar-refractivity contribution >= 4 is 74.0 Å². The van der Waals surface area contributed by atoms with Crippen molar-refractivity contribution in [3.63, 3.8) is 0 Å². The number of pyridine rings is 3. The van der Waals surface area contributed by atoms with E-state index in [9.17, 15) is 33.2 Å². The highest BCUT2D eigenvalue weighted by molar-refractivity contribution is 5.93. The third kappa shape index (κ3) is 23.5. The molecule has 0 amide bonds. The molecule has 0 aliphatic heterocycles. The lowest BCUT2D eigenvalue weighted by Gasteiger charge is -2.13. The highest BCUT2D eigenvalue weighted by Crippen LogP contribution is 2.30. The zero-order valence-corrected chi connectivity index (χ0v) is 50.3. The minimum Gasteiger partial charge on any atom is -0.480 e. The minimum atomic E-state index is -1.08. The van der Waals surface area contributed by atoms with Crippen LogP contribution in [0.3, 0.4) is 0 Å². The van der Waals surface area contributed by atoms with E-state index in [-0.39, 0.29) is 5.75 Å². The second-order valence-corrected chi connectivity index (χ2v) is 19.4. The van der Waals surface area contributed by atoms with Crippen LogP contribution in [0.4, 0.5) is 10.1 Å². The number of fused-ring (bicyclic) bond motifs is 3. The number of nitrogens with zero attached hydrogens (tertiary/aromatic N) is 4. The Morgan fingerprint density at radius 3 is 1.48 bits per heavy atom. The summed E-state index contributed by atoms with van der Waals surface area (Å²) in [6.45, 7) is 13.2. The zero-order valence-electron chi connectivity index (χ0n) is 50.3. The Balaban J connectivity index is 0.000000232. The molecule has 6 aromatic carbocycles. The Hall–Kier alpha value is -11.3. The van der Waals surface area contributed by atoms with Gasteiger partial charge in [0.25, 0.3) is 0 Å². The number of rotatable bonds is 19. The molecule has 3 aromatic heterocycles. The second kappa shape index (κ2) is 36.0. The van der Waals surface area contributed by atoms with Crippen molar-refractivity contribution < 1.29 is 87.5 Å². The molecule has 1 unspecified atom stereocenters. The Morgan fingerprint density at radius 2 is 0.956 bits per heavy atom. The summed E-state index contributed by atoms with van der Waals surface area (Å²) in [7, 11) is 0. The topological polar surface area (TPSA) is 344 Å². The number of ether oxygens (including phenoxy) is 5. The summed E-state index contributed by atoms with van der Waals surface area (Å²) in [6.07, 6.45) is -0.0967. The minimum absolute atomic E-state index is 0.233. The van der Waals surface area contributed by atoms with Gasteiger partial charge in [0.15, 0.2) is 30.5 Å². The number of halogens is 1. The third-order valence-electron chi connectivity index (χ3n) is 12.4. The molecule has 0 saturated heterocycles. The molecule has 0 aliphatic rings. The first-order chi connectivity index (χ1) is 42.8. The monoisotopic (exact) mass is 1230 g/mol. The van der Waals surface area contributed by atoms with Crippen molar-refractivity contribution in [2.75, 3.05) is 5.32 Å². The second-order valence-electron chi connectivity index (χ2n) is 19.4. The predicted molar refractivity (Wildman–Crippen MR) is 332 cm³/mol. The summed E-state index contributed by atoms with van der Waals surface area (Å²) in [5.41, 5.74) is 5.21. The number of aromatic nitrogens is 3. The molecule has 0 radical (unpaired) electrons. The maximum absolute atomic E-state index is 12.3. The van der Waals surface area contributed by atoms with Crippen LogP contribution in [-0.4, -0.2) is 118 Å². The lowest BCUT2D eigenvalue weighted by molar-refractivity contribution is -0.150. The fourth-order valence-electron chi connectivity index (χ4n) is 7.28. The number of hydrogen-bond donors (Lipinski definition) is 7. The molecular formula is C67H68FN5O17. The van der Waals surface area contributed by atoms with E-state index in [4.69, 9.17) is 59.6 Å². The van der Waals surface area contributed by atoms with Crippen LogP contribution < -0.4 is 24.3 Å². The molecule has 0 aliphatic carbocycles. The first kappa shape index (κ1) is 71.2. The van der Waals surface area contributed by atoms with E-state index < -0.39 is 78.3 Å². The van der Waals surface area contributed by atoms with Crippen LogP contribution in [0.1, 0.15) is 63.9 Å². The van der Waals surface area contributed by atoms with Crippen LogP contribution in [0.5, 0.6) is 23.0 Å². The van der Waals surface area contributed by atoms with Gasteiger partial charge in [0.2, 0.25) is 5.95 Å². The molecule has 0 fully saturated rings. The largest absolute Gasteiger partial charge is 0.480 e. The average molecular weight is 1230 g/mol. The quantitative estimate of drug-likeness (QED) is 0.0370. The van der Waals surface area contributed by atoms with Crippen molar-refractivity contribution in [2.45, 2.75) is 98.6 Å². The van der Waals surface area contributed by atoms with Crippen LogP contribution >= 0.6 is 0 Å². The van der Waals surface area contributed by atoms with Crippen molar-refractivity contribution in [3.8, 4) is 29.1 Å². The molecule has 22 nitrogen and oxygen atoms in total. The number of aliphatic carboxylic acids is 6. The number of benzene rings is 6. The van der Waals surface area contributed by atoms with Gasteiger partial charge in [-0.15, -0.1) is 0 Å². The fourth-order valence-corrected chi connectivity index (χ4v) is 7.28. The summed E-state index contributed by atoms with van der Waals surface area (Å²) in [5.74, 6) is -4.74. The van der Waals surface area contributed by atoms with Crippen molar-refractivity contribution in [1.29, 1.82) is 5.26 Å². The smallest absolute Gasteiger partial charge is 0.344 e. The van der Waals surface area contributed by atoms with Gasteiger partial charge in [-0.1, -0.05) is 109 Å². The van der Waals surface area contributed by atoms with Gasteiger partial charge >= 0.3 is 35.8 Å². The SMILES string of the molecule is CC(OCc1ccccc1)C(=O)O.C[C@H](Oc1ccc(C#N)c2ccccc12)C(=O)O.C[C@H](Oc1ccc(F)nc1)C(=O)O.C[C@H](Oc1ccnc2ccccc12)C(=O)O.Cc1ccc(N[C@@H](C)C(=O)O)cc1.Cc1ncc(O[C@@H](C)C(=O)O)c2ccccc12. The number of para-hydroxylation sites is 1. The number of anilines is 1. The van der Waals surface area contributed by atoms with Crippen LogP contribution in [0, 0.1) is 31.1 Å². The van der Waals surface area contributed by atoms with E-state index in [0.29, 0.717) is 29.4 Å². The number of carbonyl (C=O) groups is 6. The number of hydrogen-bond acceptors (Lipinski definition) is 16. The standard InChI is InChI=1S/C14H11NO3.C13H13NO3.C12H11NO3.C10H13NO2.C10H12O3.C8H8FNO3/c1-9(14(16)17)18-13-7-6-10(8-15)11-4-2-3-5-12(11)13;1-8-10-5-3-4-6-11(10)12(7-14-8)17-9(2)13(15)16;1-8(12(14)15)16-11-6-7-13-10-5-3-2-4-9(10)11;1-7-3-5-9(6-4-7)11-8(2)10(12)13;1-8(10(11)12)13-7-9-5-3-2-4-6-9;1-5(8(11)12)13-6-2-3-7(9)10-4-6/h2-7,9H,1H3,(H,16,17);3-7,9H,1-2H3,(H,15,16);2-8H,1H3,(H,14,15);3-6,8,11H,1-2H3,(H,12,13);2-6,8H,7H2,1H3,(H,11,12);2-5H,1H3,(H,11,12)/t2*9-;2*8-;;5-/m0000.0/s1. The molecule has 470 valence electrons. The summed E-state index contributed by atoms with van der Waals surface area (Å²) >= 11 is 0. The molecule has 7 N–H and O–H groups in total. The van der Waals surface area contributed by atoms with E-state index in [2.05, 4.69) is 26.3 Å². The number of aryl methyl sites for hydroxylation is 2. The molecule has 6 atom stereocenters. The van der Waals surface area contributed by atoms with Crippen molar-refractivity contribution in [3.05, 3.63) is 205 Å². The predicted octanol–water partition coefficient (Wildman–Crippen LogP) is 11.7. The zero-order chi connectivity index (χ0) is 66.5. The van der Waals surface area contributed by atoms with Gasteiger partial charge in [-0.25, -0.2) is 29.0 Å². The summed E-state index contributed by atoms with van der Waals surface area (Å²) in [5, 5.41) is 68.1. The lowest BCUT2D eigenvalue weighted by Crippen LogP contribution is -2.25. The fraction of sp³-hybridized carbons (Fsp3) is 0.224. The van der Waals surface area contributed by atoms with Crippen molar-refractivity contribution in [1.82, 2.24) is 15.0 Å². The van der Waals surface area contributed by atoms with Gasteiger partial charge in [-0.3, -0.25) is 14.8 Å². The van der Waals surface area contributed by atoms with E-state index in [0.717, 1.165) is 67.2 Å². The molecule has 0 saturated carbocycles. The number of carboxylic acid groups (broad SMARTS) is 6. The van der Waals surface area contributed by atoms with Crippen LogP contribution in [-0.2, 0) is 40.1 Å². The normalized spacial score (nSPS) is 12.2. The average Bonchev–Trinajstić information content (AvgIpc) is 0.965. The van der Waals surface area contributed by atoms with Gasteiger partial charge in [-0.2, -0.15) is 9.65 Å². The Bertz CT molecular complexity index is 3800. The summed E-state index contributed by atoms with van der Waals surface area (Å²) < 4.78 is 38.4. The molecule has 0 bridgehead atoms. The summed E-state index contributed by atoms with van der Waals surface area (Å²) in [4.78, 5) is 75.2. The van der Waals surface area contributed by atoms with Crippen LogP contribution in [0.15, 0.2) is 176 Å². The number of nitriles is 1. The highest BCUT2D eigenvalue weighted by Gasteiger charge is 2.18. The van der Waals surface area contributed by atoms with Gasteiger partial charge in [0.05, 0.1) is 36.1 Å². The van der Waals surface area contributed by atoms with E-state index >= 15 is 0 Å². The van der Waals surface area contributed by atoms with E-state index in [1.54, 1.807) is 43.6 Å². The van der Waals surface area contributed by atoms with E-state index in [1.165, 1.54) is 40.7 Å². The first-order valence-corrected chi connectivity index (χ1v) is 27.5. The molecule has 23 heteroatoms. The first-order valence-electron chi connectivity index (χ1n) is 27.5. The molecule has 9 rings (SSSR count). The van der Waals surface area contributed by atoms with Crippen LogP contribution in [0.2, 0.25) is 0 Å².